The Bertz CT molecular complexity index is 201. The summed E-state index contributed by atoms with van der Waals surface area (Å²) in [6.45, 7) is 15.0. The van der Waals surface area contributed by atoms with Crippen LogP contribution < -0.4 is 10.6 Å². The van der Waals surface area contributed by atoms with Gasteiger partial charge in [0.05, 0.1) is 5.66 Å². The molecule has 1 fully saturated rings. The minimum atomic E-state index is 0.0226. The molecule has 3 heteroatoms. The summed E-state index contributed by atoms with van der Waals surface area (Å²) in [6.07, 6.45) is 2.06. The van der Waals surface area contributed by atoms with Gasteiger partial charge in [-0.3, -0.25) is 10.6 Å². The monoisotopic (exact) mass is 228 g/mol. The molecular formula is C13H28N2O. The Morgan fingerprint density at radius 3 is 1.50 bits per heavy atom. The quantitative estimate of drug-likeness (QED) is 0.711. The van der Waals surface area contributed by atoms with Gasteiger partial charge in [-0.05, 0) is 41.5 Å². The molecule has 0 atom stereocenters. The molecule has 0 aromatic heterocycles. The SMILES string of the molecule is CC(C)(C)NC1(NC(C)(C)C)CCOCC1. The van der Waals surface area contributed by atoms with Crippen molar-refractivity contribution in [3.05, 3.63) is 0 Å². The molecule has 2 N–H and O–H groups in total. The van der Waals surface area contributed by atoms with Gasteiger partial charge in [0.2, 0.25) is 0 Å². The van der Waals surface area contributed by atoms with E-state index in [1.54, 1.807) is 0 Å². The van der Waals surface area contributed by atoms with Crippen molar-refractivity contribution in [3.63, 3.8) is 0 Å². The van der Waals surface area contributed by atoms with Crippen molar-refractivity contribution in [2.24, 2.45) is 0 Å². The Balaban J connectivity index is 2.75. The molecule has 0 saturated carbocycles. The van der Waals surface area contributed by atoms with Gasteiger partial charge in [-0.25, -0.2) is 0 Å². The van der Waals surface area contributed by atoms with E-state index in [0.29, 0.717) is 0 Å². The van der Waals surface area contributed by atoms with E-state index in [1.165, 1.54) is 0 Å². The number of hydrogen-bond acceptors (Lipinski definition) is 3. The van der Waals surface area contributed by atoms with Crippen LogP contribution in [0.4, 0.5) is 0 Å². The van der Waals surface area contributed by atoms with Gasteiger partial charge in [-0.15, -0.1) is 0 Å². The molecule has 1 heterocycles. The van der Waals surface area contributed by atoms with Crippen LogP contribution in [-0.4, -0.2) is 30.0 Å². The Labute approximate surface area is 100 Å². The zero-order valence-electron chi connectivity index (χ0n) is 11.7. The number of ether oxygens (including phenoxy) is 1. The van der Waals surface area contributed by atoms with Crippen LogP contribution >= 0.6 is 0 Å². The van der Waals surface area contributed by atoms with Crippen molar-refractivity contribution >= 4 is 0 Å². The number of rotatable bonds is 2. The highest BCUT2D eigenvalue weighted by atomic mass is 16.5. The first-order chi connectivity index (χ1) is 7.12. The third-order valence-electron chi connectivity index (χ3n) is 2.57. The van der Waals surface area contributed by atoms with Crippen LogP contribution in [0.3, 0.4) is 0 Å². The lowest BCUT2D eigenvalue weighted by atomic mass is 9.92. The van der Waals surface area contributed by atoms with Crippen LogP contribution in [0.25, 0.3) is 0 Å². The van der Waals surface area contributed by atoms with Crippen LogP contribution in [0, 0.1) is 0 Å². The second-order valence-electron chi connectivity index (χ2n) is 6.94. The average molecular weight is 228 g/mol. The Morgan fingerprint density at radius 2 is 1.19 bits per heavy atom. The molecule has 0 spiro atoms. The van der Waals surface area contributed by atoms with Crippen LogP contribution in [0.5, 0.6) is 0 Å². The maximum absolute atomic E-state index is 5.47. The summed E-state index contributed by atoms with van der Waals surface area (Å²) < 4.78 is 5.47. The molecule has 0 aromatic rings. The smallest absolute Gasteiger partial charge is 0.0739 e. The largest absolute Gasteiger partial charge is 0.381 e. The zero-order valence-corrected chi connectivity index (χ0v) is 11.7. The van der Waals surface area contributed by atoms with Gasteiger partial charge in [-0.1, -0.05) is 0 Å². The molecular weight excluding hydrogens is 200 g/mol. The highest BCUT2D eigenvalue weighted by Crippen LogP contribution is 2.24. The van der Waals surface area contributed by atoms with E-state index in [9.17, 15) is 0 Å². The first-order valence-corrected chi connectivity index (χ1v) is 6.28. The van der Waals surface area contributed by atoms with Crippen LogP contribution in [0.1, 0.15) is 54.4 Å². The molecule has 0 unspecified atom stereocenters. The third-order valence-corrected chi connectivity index (χ3v) is 2.57. The topological polar surface area (TPSA) is 33.3 Å². The van der Waals surface area contributed by atoms with E-state index >= 15 is 0 Å². The fourth-order valence-electron chi connectivity index (χ4n) is 2.44. The molecule has 0 bridgehead atoms. The lowest BCUT2D eigenvalue weighted by molar-refractivity contribution is 0.000217. The minimum Gasteiger partial charge on any atom is -0.381 e. The number of nitrogens with one attached hydrogen (secondary N) is 2. The van der Waals surface area contributed by atoms with Crippen LogP contribution in [0.2, 0.25) is 0 Å². The van der Waals surface area contributed by atoms with Crippen molar-refractivity contribution in [1.82, 2.24) is 10.6 Å². The second-order valence-corrected chi connectivity index (χ2v) is 6.94. The predicted octanol–water partition coefficient (Wildman–Crippen LogP) is 2.27. The molecule has 1 aliphatic rings. The van der Waals surface area contributed by atoms with E-state index in [4.69, 9.17) is 4.74 Å². The van der Waals surface area contributed by atoms with Crippen molar-refractivity contribution in [2.45, 2.75) is 71.1 Å². The molecule has 16 heavy (non-hydrogen) atoms. The first-order valence-electron chi connectivity index (χ1n) is 6.28. The van der Waals surface area contributed by atoms with Gasteiger partial charge < -0.3 is 4.74 Å². The van der Waals surface area contributed by atoms with Gasteiger partial charge in [0, 0.05) is 37.1 Å². The first kappa shape index (κ1) is 13.9. The zero-order chi connectivity index (χ0) is 12.4. The fourth-order valence-corrected chi connectivity index (χ4v) is 2.44. The van der Waals surface area contributed by atoms with E-state index < -0.39 is 0 Å². The summed E-state index contributed by atoms with van der Waals surface area (Å²) in [5.74, 6) is 0. The number of hydrogen-bond donors (Lipinski definition) is 2. The lowest BCUT2D eigenvalue weighted by Crippen LogP contribution is -2.68. The van der Waals surface area contributed by atoms with Crippen molar-refractivity contribution in [3.8, 4) is 0 Å². The fraction of sp³-hybridized carbons (Fsp3) is 1.00. The standard InChI is InChI=1S/C13H28N2O/c1-11(2,3)14-13(15-12(4,5)6)7-9-16-10-8-13/h14-15H,7-10H2,1-6H3. The predicted molar refractivity (Wildman–Crippen MR) is 68.6 cm³/mol. The molecule has 3 nitrogen and oxygen atoms in total. The summed E-state index contributed by atoms with van der Waals surface area (Å²) in [5.41, 5.74) is 0.264. The molecule has 0 radical (unpaired) electrons. The van der Waals surface area contributed by atoms with Gasteiger partial charge >= 0.3 is 0 Å². The highest BCUT2D eigenvalue weighted by molar-refractivity contribution is 4.96. The summed E-state index contributed by atoms with van der Waals surface area (Å²) in [5, 5.41) is 7.47. The molecule has 1 saturated heterocycles. The highest BCUT2D eigenvalue weighted by Gasteiger charge is 2.37. The van der Waals surface area contributed by atoms with Gasteiger partial charge in [-0.2, -0.15) is 0 Å². The molecule has 1 rings (SSSR count). The van der Waals surface area contributed by atoms with Crippen LogP contribution in [-0.2, 0) is 4.74 Å². The van der Waals surface area contributed by atoms with E-state index in [1.807, 2.05) is 0 Å². The summed E-state index contributed by atoms with van der Waals surface area (Å²) in [7, 11) is 0. The Morgan fingerprint density at radius 1 is 0.812 bits per heavy atom. The van der Waals surface area contributed by atoms with Gasteiger partial charge in [0.25, 0.3) is 0 Å². The molecule has 0 amide bonds. The second kappa shape index (κ2) is 4.63. The third kappa shape index (κ3) is 4.81. The molecule has 0 aromatic carbocycles. The van der Waals surface area contributed by atoms with Crippen molar-refractivity contribution in [2.75, 3.05) is 13.2 Å². The summed E-state index contributed by atoms with van der Waals surface area (Å²) >= 11 is 0. The lowest BCUT2D eigenvalue weighted by Gasteiger charge is -2.47. The summed E-state index contributed by atoms with van der Waals surface area (Å²) in [4.78, 5) is 0. The summed E-state index contributed by atoms with van der Waals surface area (Å²) in [6, 6.07) is 0. The Kier molecular flexibility index (Phi) is 4.04. The van der Waals surface area contributed by atoms with Gasteiger partial charge in [0.1, 0.15) is 0 Å². The van der Waals surface area contributed by atoms with E-state index in [2.05, 4.69) is 52.2 Å². The molecule has 1 aliphatic heterocycles. The normalized spacial score (nSPS) is 22.1. The van der Waals surface area contributed by atoms with Crippen LogP contribution in [0.15, 0.2) is 0 Å². The maximum atomic E-state index is 5.47. The van der Waals surface area contributed by atoms with E-state index in [-0.39, 0.29) is 16.7 Å². The maximum Gasteiger partial charge on any atom is 0.0739 e. The van der Waals surface area contributed by atoms with E-state index in [0.717, 1.165) is 26.1 Å². The van der Waals surface area contributed by atoms with Crippen molar-refractivity contribution < 1.29 is 4.74 Å². The molecule has 96 valence electrons. The van der Waals surface area contributed by atoms with Crippen molar-refractivity contribution in [1.29, 1.82) is 0 Å². The molecule has 0 aliphatic carbocycles. The average Bonchev–Trinajstić information content (AvgIpc) is 1.97. The Hall–Kier alpha value is -0.120. The minimum absolute atomic E-state index is 0.0226. The van der Waals surface area contributed by atoms with Gasteiger partial charge in [0.15, 0.2) is 0 Å².